The fourth-order valence-corrected chi connectivity index (χ4v) is 2.87. The second-order valence-corrected chi connectivity index (χ2v) is 6.37. The summed E-state index contributed by atoms with van der Waals surface area (Å²) >= 11 is 0. The van der Waals surface area contributed by atoms with Gasteiger partial charge in [0, 0.05) is 34.5 Å². The van der Waals surface area contributed by atoms with Crippen LogP contribution >= 0.6 is 0 Å². The molecule has 0 saturated heterocycles. The molecule has 3 heteroatoms. The number of rotatable bonds is 4. The molecule has 2 nitrogen and oxygen atoms in total. The highest BCUT2D eigenvalue weighted by molar-refractivity contribution is 5.73. The SMILES string of the molecule is COc1cc(F)c(C(C)C)cc1-c1ccc(C2CC2)nc1C. The van der Waals surface area contributed by atoms with Gasteiger partial charge < -0.3 is 4.74 Å². The lowest BCUT2D eigenvalue weighted by molar-refractivity contribution is 0.412. The van der Waals surface area contributed by atoms with Crippen LogP contribution in [0.4, 0.5) is 4.39 Å². The van der Waals surface area contributed by atoms with Crippen LogP contribution in [0.25, 0.3) is 11.1 Å². The van der Waals surface area contributed by atoms with Crippen LogP contribution in [0.5, 0.6) is 5.75 Å². The summed E-state index contributed by atoms with van der Waals surface area (Å²) in [7, 11) is 1.58. The zero-order valence-corrected chi connectivity index (χ0v) is 13.6. The molecule has 1 aromatic heterocycles. The van der Waals surface area contributed by atoms with Crippen molar-refractivity contribution in [3.05, 3.63) is 47.0 Å². The maximum atomic E-state index is 14.2. The van der Waals surface area contributed by atoms with Gasteiger partial charge in [0.2, 0.25) is 0 Å². The molecule has 3 rings (SSSR count). The molecule has 22 heavy (non-hydrogen) atoms. The summed E-state index contributed by atoms with van der Waals surface area (Å²) < 4.78 is 19.6. The van der Waals surface area contributed by atoms with Gasteiger partial charge in [-0.15, -0.1) is 0 Å². The molecule has 1 fully saturated rings. The van der Waals surface area contributed by atoms with E-state index in [1.165, 1.54) is 24.6 Å². The predicted octanol–water partition coefficient (Wildman–Crippen LogP) is 5.21. The van der Waals surface area contributed by atoms with Crippen LogP contribution in [0.3, 0.4) is 0 Å². The van der Waals surface area contributed by atoms with Crippen LogP contribution in [0.15, 0.2) is 24.3 Å². The standard InChI is InChI=1S/C19H22FNO/c1-11(2)15-9-16(19(22-4)10-17(15)20)14-7-8-18(13-5-6-13)21-12(14)3/h7-11,13H,5-6H2,1-4H3. The first kappa shape index (κ1) is 15.0. The number of methoxy groups -OCH3 is 1. The lowest BCUT2D eigenvalue weighted by Gasteiger charge is -2.16. The quantitative estimate of drug-likeness (QED) is 0.773. The van der Waals surface area contributed by atoms with E-state index in [0.29, 0.717) is 17.2 Å². The van der Waals surface area contributed by atoms with Crippen LogP contribution in [-0.4, -0.2) is 12.1 Å². The van der Waals surface area contributed by atoms with Gasteiger partial charge in [-0.1, -0.05) is 19.9 Å². The molecule has 0 N–H and O–H groups in total. The third kappa shape index (κ3) is 2.72. The van der Waals surface area contributed by atoms with Gasteiger partial charge in [-0.2, -0.15) is 0 Å². The van der Waals surface area contributed by atoms with Gasteiger partial charge in [0.25, 0.3) is 0 Å². The Bertz CT molecular complexity index is 705. The van der Waals surface area contributed by atoms with Crippen molar-refractivity contribution >= 4 is 0 Å². The molecule has 0 atom stereocenters. The molecular formula is C19H22FNO. The highest BCUT2D eigenvalue weighted by Gasteiger charge is 2.25. The van der Waals surface area contributed by atoms with E-state index in [1.807, 2.05) is 26.8 Å². The van der Waals surface area contributed by atoms with Gasteiger partial charge >= 0.3 is 0 Å². The first-order valence-corrected chi connectivity index (χ1v) is 7.86. The molecular weight excluding hydrogens is 277 g/mol. The summed E-state index contributed by atoms with van der Waals surface area (Å²) in [6.07, 6.45) is 2.48. The molecule has 0 unspecified atom stereocenters. The van der Waals surface area contributed by atoms with Crippen LogP contribution < -0.4 is 4.74 Å². The highest BCUT2D eigenvalue weighted by Crippen LogP contribution is 2.41. The first-order chi connectivity index (χ1) is 10.5. The Balaban J connectivity index is 2.11. The summed E-state index contributed by atoms with van der Waals surface area (Å²) in [6.45, 7) is 6.00. The molecule has 1 heterocycles. The minimum atomic E-state index is -0.212. The maximum Gasteiger partial charge on any atom is 0.130 e. The highest BCUT2D eigenvalue weighted by atomic mass is 19.1. The number of pyridine rings is 1. The molecule has 1 aliphatic rings. The molecule has 116 valence electrons. The van der Waals surface area contributed by atoms with Crippen LogP contribution in [0, 0.1) is 12.7 Å². The Hall–Kier alpha value is -1.90. The van der Waals surface area contributed by atoms with E-state index in [1.54, 1.807) is 7.11 Å². The molecule has 1 aromatic carbocycles. The van der Waals surface area contributed by atoms with E-state index >= 15 is 0 Å². The summed E-state index contributed by atoms with van der Waals surface area (Å²) in [4.78, 5) is 4.73. The number of benzene rings is 1. The Labute approximate surface area is 131 Å². The average Bonchev–Trinajstić information content (AvgIpc) is 3.31. The molecule has 1 saturated carbocycles. The molecule has 0 bridgehead atoms. The van der Waals surface area contributed by atoms with Crippen LogP contribution in [0.1, 0.15) is 55.5 Å². The number of ether oxygens (including phenoxy) is 1. The lowest BCUT2D eigenvalue weighted by Crippen LogP contribution is -1.99. The molecule has 0 radical (unpaired) electrons. The van der Waals surface area contributed by atoms with Gasteiger partial charge in [-0.25, -0.2) is 4.39 Å². The third-order valence-electron chi connectivity index (χ3n) is 4.33. The summed E-state index contributed by atoms with van der Waals surface area (Å²) in [5.74, 6) is 1.11. The zero-order valence-electron chi connectivity index (χ0n) is 13.6. The van der Waals surface area contributed by atoms with Gasteiger partial charge in [-0.05, 0) is 43.4 Å². The summed E-state index contributed by atoms with van der Waals surface area (Å²) in [5, 5.41) is 0. The number of hydrogen-bond acceptors (Lipinski definition) is 2. The molecule has 0 amide bonds. The summed E-state index contributed by atoms with van der Waals surface area (Å²) in [5.41, 5.74) is 4.79. The fourth-order valence-electron chi connectivity index (χ4n) is 2.87. The van der Waals surface area contributed by atoms with E-state index in [9.17, 15) is 4.39 Å². The van der Waals surface area contributed by atoms with Crippen molar-refractivity contribution in [2.75, 3.05) is 7.11 Å². The van der Waals surface area contributed by atoms with Crippen molar-refractivity contribution in [1.82, 2.24) is 4.98 Å². The molecule has 1 aliphatic carbocycles. The van der Waals surface area contributed by atoms with Crippen molar-refractivity contribution < 1.29 is 9.13 Å². The Morgan fingerprint density at radius 1 is 1.18 bits per heavy atom. The van der Waals surface area contributed by atoms with Crippen molar-refractivity contribution in [1.29, 1.82) is 0 Å². The number of aromatic nitrogens is 1. The van der Waals surface area contributed by atoms with Gasteiger partial charge in [0.05, 0.1) is 7.11 Å². The van der Waals surface area contributed by atoms with Crippen molar-refractivity contribution in [3.63, 3.8) is 0 Å². The Kier molecular flexibility index (Phi) is 3.90. The summed E-state index contributed by atoms with van der Waals surface area (Å²) in [6, 6.07) is 7.58. The molecule has 2 aromatic rings. The Morgan fingerprint density at radius 3 is 2.45 bits per heavy atom. The largest absolute Gasteiger partial charge is 0.496 e. The Morgan fingerprint density at radius 2 is 1.91 bits per heavy atom. The smallest absolute Gasteiger partial charge is 0.130 e. The normalized spacial score (nSPS) is 14.5. The van der Waals surface area contributed by atoms with Crippen LogP contribution in [0.2, 0.25) is 0 Å². The van der Waals surface area contributed by atoms with Gasteiger partial charge in [0.15, 0.2) is 0 Å². The maximum absolute atomic E-state index is 14.2. The van der Waals surface area contributed by atoms with Crippen molar-refractivity contribution in [2.45, 2.75) is 45.4 Å². The fraction of sp³-hybridized carbons (Fsp3) is 0.421. The zero-order chi connectivity index (χ0) is 15.9. The van der Waals surface area contributed by atoms with Gasteiger partial charge in [0.1, 0.15) is 11.6 Å². The van der Waals surface area contributed by atoms with Crippen LogP contribution in [-0.2, 0) is 0 Å². The minimum absolute atomic E-state index is 0.128. The minimum Gasteiger partial charge on any atom is -0.496 e. The number of halogens is 1. The number of aryl methyl sites for hydroxylation is 1. The topological polar surface area (TPSA) is 22.1 Å². The monoisotopic (exact) mass is 299 g/mol. The number of hydrogen-bond donors (Lipinski definition) is 0. The number of nitrogens with zero attached hydrogens (tertiary/aromatic N) is 1. The third-order valence-corrected chi connectivity index (χ3v) is 4.33. The first-order valence-electron chi connectivity index (χ1n) is 7.86. The second-order valence-electron chi connectivity index (χ2n) is 6.37. The average molecular weight is 299 g/mol. The second kappa shape index (κ2) is 5.71. The van der Waals surface area contributed by atoms with Gasteiger partial charge in [-0.3, -0.25) is 4.98 Å². The molecule has 0 aliphatic heterocycles. The van der Waals surface area contributed by atoms with E-state index in [-0.39, 0.29) is 11.7 Å². The van der Waals surface area contributed by atoms with E-state index in [4.69, 9.17) is 9.72 Å². The van der Waals surface area contributed by atoms with E-state index in [0.717, 1.165) is 16.8 Å². The van der Waals surface area contributed by atoms with E-state index in [2.05, 4.69) is 12.1 Å². The molecule has 0 spiro atoms. The predicted molar refractivity (Wildman–Crippen MR) is 87.0 cm³/mol. The van der Waals surface area contributed by atoms with Crippen molar-refractivity contribution in [2.24, 2.45) is 0 Å². The lowest BCUT2D eigenvalue weighted by atomic mass is 9.95. The van der Waals surface area contributed by atoms with E-state index < -0.39 is 0 Å². The van der Waals surface area contributed by atoms with Crippen molar-refractivity contribution in [3.8, 4) is 16.9 Å².